The first kappa shape index (κ1) is 17.9. The number of carbonyl (C=O) groups is 2. The van der Waals surface area contributed by atoms with Crippen molar-refractivity contribution in [2.24, 2.45) is 11.8 Å². The number of nitrogens with zero attached hydrogens (tertiary/aromatic N) is 1. The SMILES string of the molecule is O=C(O)[C@@H]1CC=CC[C@H]1C(=O)Nc1nc(-c2cc(Cl)ccc2Cl)cs1. The molecule has 0 saturated carbocycles. The van der Waals surface area contributed by atoms with Gasteiger partial charge in [0.1, 0.15) is 0 Å². The van der Waals surface area contributed by atoms with Gasteiger partial charge in [0.25, 0.3) is 0 Å². The van der Waals surface area contributed by atoms with Crippen molar-refractivity contribution in [3.8, 4) is 11.3 Å². The largest absolute Gasteiger partial charge is 0.481 e. The Bertz CT molecular complexity index is 850. The van der Waals surface area contributed by atoms with E-state index in [1.165, 1.54) is 11.3 Å². The Morgan fingerprint density at radius 1 is 1.20 bits per heavy atom. The first-order chi connectivity index (χ1) is 12.0. The van der Waals surface area contributed by atoms with Crippen LogP contribution in [-0.2, 0) is 9.59 Å². The average Bonchev–Trinajstić information content (AvgIpc) is 3.05. The molecule has 3 rings (SSSR count). The number of amides is 1. The number of rotatable bonds is 4. The van der Waals surface area contributed by atoms with Crippen molar-refractivity contribution in [1.82, 2.24) is 4.98 Å². The van der Waals surface area contributed by atoms with Crippen LogP contribution in [0.2, 0.25) is 10.0 Å². The zero-order valence-electron chi connectivity index (χ0n) is 12.9. The standard InChI is InChI=1S/C17H14Cl2N2O3S/c18-9-5-6-13(19)12(7-9)14-8-25-17(20-14)21-15(22)10-3-1-2-4-11(10)16(23)24/h1-2,5-8,10-11H,3-4H2,(H,23,24)(H,20,21,22)/t10-,11-/m1/s1. The van der Waals surface area contributed by atoms with E-state index in [0.717, 1.165) is 0 Å². The van der Waals surface area contributed by atoms with E-state index in [9.17, 15) is 14.7 Å². The van der Waals surface area contributed by atoms with Gasteiger partial charge in [-0.2, -0.15) is 0 Å². The predicted octanol–water partition coefficient (Wildman–Crippen LogP) is 4.72. The van der Waals surface area contributed by atoms with Crippen molar-refractivity contribution < 1.29 is 14.7 Å². The van der Waals surface area contributed by atoms with Crippen molar-refractivity contribution in [3.63, 3.8) is 0 Å². The first-order valence-electron chi connectivity index (χ1n) is 7.55. The molecule has 1 aromatic heterocycles. The van der Waals surface area contributed by atoms with Crippen LogP contribution in [0, 0.1) is 11.8 Å². The number of hydrogen-bond donors (Lipinski definition) is 2. The molecule has 0 fully saturated rings. The summed E-state index contributed by atoms with van der Waals surface area (Å²) in [5.74, 6) is -2.62. The van der Waals surface area contributed by atoms with Crippen LogP contribution < -0.4 is 5.32 Å². The normalized spacial score (nSPS) is 19.6. The number of benzene rings is 1. The van der Waals surface area contributed by atoms with Gasteiger partial charge in [0.05, 0.1) is 22.6 Å². The molecule has 1 aromatic carbocycles. The van der Waals surface area contributed by atoms with Crippen LogP contribution >= 0.6 is 34.5 Å². The van der Waals surface area contributed by atoms with E-state index < -0.39 is 17.8 Å². The Kier molecular flexibility index (Phi) is 5.42. The molecule has 2 atom stereocenters. The predicted molar refractivity (Wildman–Crippen MR) is 99.2 cm³/mol. The van der Waals surface area contributed by atoms with Crippen molar-refractivity contribution in [1.29, 1.82) is 0 Å². The zero-order chi connectivity index (χ0) is 18.0. The lowest BCUT2D eigenvalue weighted by Crippen LogP contribution is -2.34. The van der Waals surface area contributed by atoms with Gasteiger partial charge in [-0.3, -0.25) is 9.59 Å². The molecule has 5 nitrogen and oxygen atoms in total. The van der Waals surface area contributed by atoms with Crippen LogP contribution in [-0.4, -0.2) is 22.0 Å². The number of allylic oxidation sites excluding steroid dienone is 2. The van der Waals surface area contributed by atoms with Gasteiger partial charge >= 0.3 is 5.97 Å². The Balaban J connectivity index is 1.77. The van der Waals surface area contributed by atoms with Gasteiger partial charge in [-0.25, -0.2) is 4.98 Å². The minimum Gasteiger partial charge on any atom is -0.481 e. The van der Waals surface area contributed by atoms with Crippen LogP contribution in [0.5, 0.6) is 0 Å². The van der Waals surface area contributed by atoms with Crippen molar-refractivity contribution in [2.75, 3.05) is 5.32 Å². The highest BCUT2D eigenvalue weighted by Gasteiger charge is 2.34. The van der Waals surface area contributed by atoms with E-state index in [-0.39, 0.29) is 5.91 Å². The molecular formula is C17H14Cl2N2O3S. The van der Waals surface area contributed by atoms with Crippen molar-refractivity contribution in [2.45, 2.75) is 12.8 Å². The fourth-order valence-corrected chi connectivity index (χ4v) is 3.82. The molecule has 2 N–H and O–H groups in total. The number of aliphatic carboxylic acids is 1. The fourth-order valence-electron chi connectivity index (χ4n) is 2.72. The maximum absolute atomic E-state index is 12.5. The number of thiazole rings is 1. The molecule has 0 bridgehead atoms. The fraction of sp³-hybridized carbons (Fsp3) is 0.235. The molecule has 1 aliphatic carbocycles. The second-order valence-corrected chi connectivity index (χ2v) is 7.35. The summed E-state index contributed by atoms with van der Waals surface area (Å²) in [6, 6.07) is 5.07. The van der Waals surface area contributed by atoms with E-state index in [2.05, 4.69) is 10.3 Å². The third kappa shape index (κ3) is 4.03. The third-order valence-electron chi connectivity index (χ3n) is 4.03. The molecule has 2 aromatic rings. The molecule has 25 heavy (non-hydrogen) atoms. The molecule has 8 heteroatoms. The van der Waals surface area contributed by atoms with Crippen molar-refractivity contribution in [3.05, 3.63) is 45.8 Å². The van der Waals surface area contributed by atoms with Gasteiger partial charge < -0.3 is 10.4 Å². The Labute approximate surface area is 158 Å². The third-order valence-corrected chi connectivity index (χ3v) is 5.35. The number of carbonyl (C=O) groups excluding carboxylic acids is 1. The minimum atomic E-state index is -0.963. The molecule has 0 saturated heterocycles. The summed E-state index contributed by atoms with van der Waals surface area (Å²) in [4.78, 5) is 28.2. The monoisotopic (exact) mass is 396 g/mol. The maximum atomic E-state index is 12.5. The Morgan fingerprint density at radius 3 is 2.64 bits per heavy atom. The summed E-state index contributed by atoms with van der Waals surface area (Å²) >= 11 is 13.4. The van der Waals surface area contributed by atoms with Crippen LogP contribution in [0.4, 0.5) is 5.13 Å². The molecule has 0 unspecified atom stereocenters. The molecule has 0 spiro atoms. The summed E-state index contributed by atoms with van der Waals surface area (Å²) in [6.07, 6.45) is 4.39. The number of nitrogens with one attached hydrogen (secondary N) is 1. The van der Waals surface area contributed by atoms with Gasteiger partial charge in [0.2, 0.25) is 5.91 Å². The summed E-state index contributed by atoms with van der Waals surface area (Å²) in [7, 11) is 0. The molecular weight excluding hydrogens is 383 g/mol. The molecule has 1 heterocycles. The van der Waals surface area contributed by atoms with Gasteiger partial charge in [-0.1, -0.05) is 35.4 Å². The van der Waals surface area contributed by atoms with E-state index in [1.807, 2.05) is 6.08 Å². The molecule has 0 aliphatic heterocycles. The summed E-state index contributed by atoms with van der Waals surface area (Å²) in [5, 5.41) is 15.2. The van der Waals surface area contributed by atoms with Gasteiger partial charge in [-0.15, -0.1) is 11.3 Å². The maximum Gasteiger partial charge on any atom is 0.307 e. The topological polar surface area (TPSA) is 79.3 Å². The van der Waals surface area contributed by atoms with Gasteiger partial charge in [0, 0.05) is 16.0 Å². The van der Waals surface area contributed by atoms with E-state index >= 15 is 0 Å². The molecule has 1 aliphatic rings. The summed E-state index contributed by atoms with van der Waals surface area (Å²) < 4.78 is 0. The van der Waals surface area contributed by atoms with Crippen LogP contribution in [0.3, 0.4) is 0 Å². The summed E-state index contributed by atoms with van der Waals surface area (Å²) in [6.45, 7) is 0. The van der Waals surface area contributed by atoms with E-state index in [0.29, 0.717) is 39.3 Å². The Morgan fingerprint density at radius 2 is 1.92 bits per heavy atom. The lowest BCUT2D eigenvalue weighted by molar-refractivity contribution is -0.146. The highest BCUT2D eigenvalue weighted by molar-refractivity contribution is 7.14. The van der Waals surface area contributed by atoms with Crippen LogP contribution in [0.15, 0.2) is 35.7 Å². The number of aromatic nitrogens is 1. The lowest BCUT2D eigenvalue weighted by Gasteiger charge is -2.23. The highest BCUT2D eigenvalue weighted by atomic mass is 35.5. The molecule has 1 amide bonds. The number of carboxylic acids is 1. The van der Waals surface area contributed by atoms with Gasteiger partial charge in [-0.05, 0) is 31.0 Å². The lowest BCUT2D eigenvalue weighted by atomic mass is 9.82. The number of anilines is 1. The molecule has 130 valence electrons. The first-order valence-corrected chi connectivity index (χ1v) is 9.19. The van der Waals surface area contributed by atoms with Crippen LogP contribution in [0.25, 0.3) is 11.3 Å². The highest BCUT2D eigenvalue weighted by Crippen LogP contribution is 2.33. The van der Waals surface area contributed by atoms with E-state index in [4.69, 9.17) is 23.2 Å². The average molecular weight is 397 g/mol. The van der Waals surface area contributed by atoms with Crippen LogP contribution in [0.1, 0.15) is 12.8 Å². The second-order valence-electron chi connectivity index (χ2n) is 5.65. The van der Waals surface area contributed by atoms with E-state index in [1.54, 1.807) is 29.7 Å². The zero-order valence-corrected chi connectivity index (χ0v) is 15.2. The smallest absolute Gasteiger partial charge is 0.307 e. The quantitative estimate of drug-likeness (QED) is 0.732. The van der Waals surface area contributed by atoms with Crippen molar-refractivity contribution >= 4 is 51.5 Å². The Hall–Kier alpha value is -1.89. The minimum absolute atomic E-state index is 0.338. The second kappa shape index (κ2) is 7.56. The summed E-state index contributed by atoms with van der Waals surface area (Å²) in [5.41, 5.74) is 1.28. The number of carboxylic acid groups (broad SMARTS) is 1. The van der Waals surface area contributed by atoms with Gasteiger partial charge in [0.15, 0.2) is 5.13 Å². The number of hydrogen-bond acceptors (Lipinski definition) is 4. The number of halogens is 2. The molecule has 0 radical (unpaired) electrons.